The first kappa shape index (κ1) is 13.8. The van der Waals surface area contributed by atoms with Crippen LogP contribution in [0.15, 0.2) is 23.1 Å². The molecule has 4 nitrogen and oxygen atoms in total. The Morgan fingerprint density at radius 1 is 1.65 bits per heavy atom. The van der Waals surface area contributed by atoms with E-state index in [9.17, 15) is 10.1 Å². The van der Waals surface area contributed by atoms with Crippen LogP contribution in [0.25, 0.3) is 0 Å². The number of nitrogens with zero attached hydrogens (tertiary/aromatic N) is 2. The van der Waals surface area contributed by atoms with E-state index >= 15 is 0 Å². The van der Waals surface area contributed by atoms with E-state index < -0.39 is 4.92 Å². The molecule has 1 rings (SSSR count). The van der Waals surface area contributed by atoms with Gasteiger partial charge in [0, 0.05) is 22.6 Å². The number of hydrogen-bond donors (Lipinski definition) is 0. The molecule has 90 valence electrons. The normalized spacial score (nSPS) is 11.8. The predicted octanol–water partition coefficient (Wildman–Crippen LogP) is 3.43. The van der Waals surface area contributed by atoms with Crippen LogP contribution in [0.3, 0.4) is 0 Å². The van der Waals surface area contributed by atoms with Crippen LogP contribution in [0.2, 0.25) is 0 Å². The van der Waals surface area contributed by atoms with Crippen molar-refractivity contribution in [2.75, 3.05) is 11.6 Å². The Bertz CT molecular complexity index is 459. The van der Waals surface area contributed by atoms with Gasteiger partial charge in [0.1, 0.15) is 11.6 Å². The van der Waals surface area contributed by atoms with Crippen molar-refractivity contribution in [1.82, 2.24) is 0 Å². The molecular weight excluding hydrogens is 260 g/mol. The third kappa shape index (κ3) is 3.91. The summed E-state index contributed by atoms with van der Waals surface area (Å²) in [5, 5.41) is 19.5. The van der Waals surface area contributed by atoms with Crippen LogP contribution in [-0.4, -0.2) is 16.6 Å². The molecule has 0 amide bonds. The van der Waals surface area contributed by atoms with Crippen LogP contribution in [0.4, 0.5) is 5.69 Å². The zero-order valence-electron chi connectivity index (χ0n) is 9.22. The quantitative estimate of drug-likeness (QED) is 0.356. The maximum absolute atomic E-state index is 10.8. The lowest BCUT2D eigenvalue weighted by atomic mass is 10.2. The van der Waals surface area contributed by atoms with Crippen molar-refractivity contribution >= 4 is 29.1 Å². The van der Waals surface area contributed by atoms with Gasteiger partial charge < -0.3 is 0 Å². The summed E-state index contributed by atoms with van der Waals surface area (Å²) < 4.78 is 0. The highest BCUT2D eigenvalue weighted by atomic mass is 35.5. The van der Waals surface area contributed by atoms with Crippen LogP contribution in [-0.2, 0) is 0 Å². The number of nitro benzene ring substituents is 1. The minimum Gasteiger partial charge on any atom is -0.258 e. The van der Waals surface area contributed by atoms with Crippen molar-refractivity contribution in [1.29, 1.82) is 5.26 Å². The van der Waals surface area contributed by atoms with E-state index in [2.05, 4.69) is 0 Å². The van der Waals surface area contributed by atoms with Gasteiger partial charge in [0.05, 0.1) is 4.92 Å². The van der Waals surface area contributed by atoms with E-state index in [-0.39, 0.29) is 11.3 Å². The second kappa shape index (κ2) is 6.48. The Morgan fingerprint density at radius 3 is 2.88 bits per heavy atom. The van der Waals surface area contributed by atoms with Gasteiger partial charge in [0.2, 0.25) is 0 Å². The van der Waals surface area contributed by atoms with E-state index in [0.29, 0.717) is 11.8 Å². The maximum Gasteiger partial charge on any atom is 0.288 e. The van der Waals surface area contributed by atoms with E-state index in [0.717, 1.165) is 10.6 Å². The van der Waals surface area contributed by atoms with Gasteiger partial charge in [-0.1, -0.05) is 6.92 Å². The third-order valence-corrected chi connectivity index (χ3v) is 3.93. The first-order valence-corrected chi connectivity index (χ1v) is 6.47. The molecule has 0 aromatic heterocycles. The molecule has 0 aliphatic carbocycles. The van der Waals surface area contributed by atoms with Crippen molar-refractivity contribution in [2.45, 2.75) is 11.8 Å². The summed E-state index contributed by atoms with van der Waals surface area (Å²) in [4.78, 5) is 11.0. The molecule has 0 aliphatic heterocycles. The van der Waals surface area contributed by atoms with E-state index in [1.165, 1.54) is 23.9 Å². The fourth-order valence-corrected chi connectivity index (χ4v) is 2.32. The highest BCUT2D eigenvalue weighted by molar-refractivity contribution is 7.99. The SMILES string of the molecule is CC(CCl)CSc1ccc(C#N)c([N+](=O)[O-])c1. The molecule has 0 saturated carbocycles. The predicted molar refractivity (Wildman–Crippen MR) is 68.4 cm³/mol. The molecule has 17 heavy (non-hydrogen) atoms. The summed E-state index contributed by atoms with van der Waals surface area (Å²) in [5.74, 6) is 1.70. The third-order valence-electron chi connectivity index (χ3n) is 2.08. The van der Waals surface area contributed by atoms with Gasteiger partial charge in [-0.15, -0.1) is 23.4 Å². The number of rotatable bonds is 5. The van der Waals surface area contributed by atoms with Crippen LogP contribution in [0.1, 0.15) is 12.5 Å². The molecule has 0 aliphatic rings. The number of alkyl halides is 1. The summed E-state index contributed by atoms with van der Waals surface area (Å²) in [6.07, 6.45) is 0. The molecular formula is C11H11ClN2O2S. The summed E-state index contributed by atoms with van der Waals surface area (Å²) >= 11 is 7.19. The summed E-state index contributed by atoms with van der Waals surface area (Å²) in [6.45, 7) is 2.01. The van der Waals surface area contributed by atoms with E-state index in [1.54, 1.807) is 6.07 Å². The van der Waals surface area contributed by atoms with Gasteiger partial charge in [-0.3, -0.25) is 10.1 Å². The highest BCUT2D eigenvalue weighted by Crippen LogP contribution is 2.27. The number of halogens is 1. The van der Waals surface area contributed by atoms with Gasteiger partial charge in [-0.25, -0.2) is 0 Å². The molecule has 1 aromatic rings. The smallest absolute Gasteiger partial charge is 0.258 e. The van der Waals surface area contributed by atoms with Crippen LogP contribution in [0.5, 0.6) is 0 Å². The Kier molecular flexibility index (Phi) is 5.26. The number of thioether (sulfide) groups is 1. The lowest BCUT2D eigenvalue weighted by molar-refractivity contribution is -0.385. The lowest BCUT2D eigenvalue weighted by Gasteiger charge is -2.06. The molecule has 0 N–H and O–H groups in total. The zero-order valence-corrected chi connectivity index (χ0v) is 10.8. The van der Waals surface area contributed by atoms with Crippen molar-refractivity contribution < 1.29 is 4.92 Å². The Balaban J connectivity index is 2.86. The minimum atomic E-state index is -0.534. The summed E-state index contributed by atoms with van der Waals surface area (Å²) in [5.41, 5.74) is -0.0548. The summed E-state index contributed by atoms with van der Waals surface area (Å²) in [7, 11) is 0. The fourth-order valence-electron chi connectivity index (χ4n) is 1.13. The van der Waals surface area contributed by atoms with Gasteiger partial charge >= 0.3 is 0 Å². The number of hydrogen-bond acceptors (Lipinski definition) is 4. The zero-order chi connectivity index (χ0) is 12.8. The molecule has 0 saturated heterocycles. The Hall–Kier alpha value is -1.25. The number of nitriles is 1. The van der Waals surface area contributed by atoms with Crippen LogP contribution in [0, 0.1) is 27.4 Å². The highest BCUT2D eigenvalue weighted by Gasteiger charge is 2.14. The van der Waals surface area contributed by atoms with Gasteiger partial charge in [0.25, 0.3) is 5.69 Å². The molecule has 1 aromatic carbocycles. The topological polar surface area (TPSA) is 66.9 Å². The molecule has 1 atom stereocenters. The molecule has 6 heteroatoms. The number of nitro groups is 1. The number of benzene rings is 1. The second-order valence-electron chi connectivity index (χ2n) is 3.62. The Morgan fingerprint density at radius 2 is 2.35 bits per heavy atom. The van der Waals surface area contributed by atoms with Crippen molar-refractivity contribution in [3.8, 4) is 6.07 Å². The Labute approximate surface area is 109 Å². The van der Waals surface area contributed by atoms with Crippen LogP contribution >= 0.6 is 23.4 Å². The molecule has 0 bridgehead atoms. The molecule has 0 heterocycles. The lowest BCUT2D eigenvalue weighted by Crippen LogP contribution is -1.99. The van der Waals surface area contributed by atoms with E-state index in [4.69, 9.17) is 16.9 Å². The van der Waals surface area contributed by atoms with E-state index in [1.807, 2.05) is 13.0 Å². The van der Waals surface area contributed by atoms with Crippen molar-refractivity contribution in [2.24, 2.45) is 5.92 Å². The average Bonchev–Trinajstić information content (AvgIpc) is 2.35. The monoisotopic (exact) mass is 270 g/mol. The fraction of sp³-hybridized carbons (Fsp3) is 0.364. The van der Waals surface area contributed by atoms with Gasteiger partial charge in [-0.2, -0.15) is 5.26 Å². The van der Waals surface area contributed by atoms with Crippen molar-refractivity contribution in [3.63, 3.8) is 0 Å². The van der Waals surface area contributed by atoms with Crippen LogP contribution < -0.4 is 0 Å². The molecule has 0 radical (unpaired) electrons. The first-order valence-electron chi connectivity index (χ1n) is 4.95. The molecule has 1 unspecified atom stereocenters. The van der Waals surface area contributed by atoms with Gasteiger partial charge in [0.15, 0.2) is 0 Å². The standard InChI is InChI=1S/C11H11ClN2O2S/c1-8(5-12)7-17-10-3-2-9(6-13)11(4-10)14(15)16/h2-4,8H,5,7H2,1H3. The maximum atomic E-state index is 10.8. The first-order chi connectivity index (χ1) is 8.08. The van der Waals surface area contributed by atoms with Gasteiger partial charge in [-0.05, 0) is 18.1 Å². The summed E-state index contributed by atoms with van der Waals surface area (Å²) in [6, 6.07) is 6.44. The minimum absolute atomic E-state index is 0.0877. The van der Waals surface area contributed by atoms with Crippen molar-refractivity contribution in [3.05, 3.63) is 33.9 Å². The molecule has 0 fully saturated rings. The molecule has 0 spiro atoms. The average molecular weight is 271 g/mol. The second-order valence-corrected chi connectivity index (χ2v) is 5.02. The largest absolute Gasteiger partial charge is 0.288 e.